The Balaban J connectivity index is 2.02. The maximum absolute atomic E-state index is 11.3. The molecule has 1 unspecified atom stereocenters. The highest BCUT2D eigenvalue weighted by Gasteiger charge is 2.20. The first-order valence-electron chi connectivity index (χ1n) is 6.20. The first-order chi connectivity index (χ1) is 9.22. The number of amides is 1. The molecular weight excluding hydrogens is 244 g/mol. The lowest BCUT2D eigenvalue weighted by atomic mass is 9.99. The number of carbonyl (C=O) groups excluding carboxylic acids is 1. The number of piperidine rings is 1. The maximum atomic E-state index is 11.3. The molecule has 0 aliphatic carbocycles. The van der Waals surface area contributed by atoms with Crippen LogP contribution in [-0.2, 0) is 4.79 Å². The summed E-state index contributed by atoms with van der Waals surface area (Å²) in [6, 6.07) is 7.11. The van der Waals surface area contributed by atoms with Gasteiger partial charge in [0.25, 0.3) is 0 Å². The highest BCUT2D eigenvalue weighted by Crippen LogP contribution is 2.28. The van der Waals surface area contributed by atoms with Crippen molar-refractivity contribution in [3.8, 4) is 17.6 Å². The van der Waals surface area contributed by atoms with E-state index in [2.05, 4.69) is 11.4 Å². The smallest absolute Gasteiger partial charge is 0.220 e. The van der Waals surface area contributed by atoms with Gasteiger partial charge < -0.3 is 14.8 Å². The molecule has 0 saturated carbocycles. The molecule has 1 aromatic carbocycles. The Labute approximate surface area is 112 Å². The average Bonchev–Trinajstić information content (AvgIpc) is 2.45. The third-order valence-electron chi connectivity index (χ3n) is 3.12. The second kappa shape index (κ2) is 6.10. The van der Waals surface area contributed by atoms with Crippen LogP contribution in [0.15, 0.2) is 18.2 Å². The van der Waals surface area contributed by atoms with Gasteiger partial charge in [0.1, 0.15) is 0 Å². The molecule has 0 spiro atoms. The highest BCUT2D eigenvalue weighted by atomic mass is 16.5. The van der Waals surface area contributed by atoms with Gasteiger partial charge in [0.2, 0.25) is 5.91 Å². The van der Waals surface area contributed by atoms with Crippen molar-refractivity contribution in [2.24, 2.45) is 5.92 Å². The van der Waals surface area contributed by atoms with Crippen molar-refractivity contribution in [1.29, 1.82) is 5.26 Å². The molecule has 1 fully saturated rings. The van der Waals surface area contributed by atoms with Gasteiger partial charge in [-0.1, -0.05) is 0 Å². The Kier molecular flexibility index (Phi) is 4.24. The summed E-state index contributed by atoms with van der Waals surface area (Å²) in [5.41, 5.74) is 0.525. The number of benzene rings is 1. The third kappa shape index (κ3) is 3.38. The Morgan fingerprint density at radius 2 is 2.32 bits per heavy atom. The second-order valence-electron chi connectivity index (χ2n) is 4.50. The molecule has 1 aliphatic heterocycles. The molecule has 1 aliphatic rings. The fourth-order valence-corrected chi connectivity index (χ4v) is 2.06. The number of nitriles is 1. The van der Waals surface area contributed by atoms with Crippen molar-refractivity contribution < 1.29 is 14.3 Å². The Morgan fingerprint density at radius 1 is 1.47 bits per heavy atom. The zero-order valence-electron chi connectivity index (χ0n) is 10.8. The molecule has 5 heteroatoms. The van der Waals surface area contributed by atoms with E-state index in [0.717, 1.165) is 6.42 Å². The van der Waals surface area contributed by atoms with Gasteiger partial charge in [-0.25, -0.2) is 0 Å². The van der Waals surface area contributed by atoms with Crippen molar-refractivity contribution in [3.63, 3.8) is 0 Å². The van der Waals surface area contributed by atoms with E-state index in [-0.39, 0.29) is 11.8 Å². The minimum atomic E-state index is 0.0672. The van der Waals surface area contributed by atoms with Crippen molar-refractivity contribution in [1.82, 2.24) is 5.32 Å². The zero-order chi connectivity index (χ0) is 13.7. The van der Waals surface area contributed by atoms with Crippen LogP contribution in [0.4, 0.5) is 0 Å². The van der Waals surface area contributed by atoms with Gasteiger partial charge in [-0.05, 0) is 18.6 Å². The van der Waals surface area contributed by atoms with Crippen molar-refractivity contribution >= 4 is 5.91 Å². The third-order valence-corrected chi connectivity index (χ3v) is 3.12. The molecule has 100 valence electrons. The zero-order valence-corrected chi connectivity index (χ0v) is 10.8. The van der Waals surface area contributed by atoms with Crippen molar-refractivity contribution in [2.75, 3.05) is 20.3 Å². The summed E-state index contributed by atoms with van der Waals surface area (Å²) in [6.45, 7) is 1.15. The van der Waals surface area contributed by atoms with E-state index in [1.54, 1.807) is 25.3 Å². The lowest BCUT2D eigenvalue weighted by molar-refractivity contribution is -0.123. The van der Waals surface area contributed by atoms with Gasteiger partial charge in [0.15, 0.2) is 11.5 Å². The fraction of sp³-hybridized carbons (Fsp3) is 0.429. The van der Waals surface area contributed by atoms with Crippen LogP contribution in [0.1, 0.15) is 18.4 Å². The molecule has 1 atom stereocenters. The number of ether oxygens (including phenoxy) is 2. The first-order valence-corrected chi connectivity index (χ1v) is 6.20. The average molecular weight is 260 g/mol. The lowest BCUT2D eigenvalue weighted by Gasteiger charge is -2.22. The molecule has 1 heterocycles. The van der Waals surface area contributed by atoms with Gasteiger partial charge in [-0.15, -0.1) is 0 Å². The number of nitrogens with zero attached hydrogens (tertiary/aromatic N) is 1. The standard InChI is InChI=1S/C14H16N2O3/c1-18-12-3-2-10(8-15)6-13(12)19-9-11-4-5-16-14(17)7-11/h2-3,6,11H,4-5,7,9H2,1H3,(H,16,17). The monoisotopic (exact) mass is 260 g/mol. The minimum Gasteiger partial charge on any atom is -0.493 e. The van der Waals surface area contributed by atoms with Crippen LogP contribution < -0.4 is 14.8 Å². The van der Waals surface area contributed by atoms with Gasteiger partial charge >= 0.3 is 0 Å². The van der Waals surface area contributed by atoms with Crippen molar-refractivity contribution in [2.45, 2.75) is 12.8 Å². The molecular formula is C14H16N2O3. The second-order valence-corrected chi connectivity index (χ2v) is 4.50. The fourth-order valence-electron chi connectivity index (χ4n) is 2.06. The van der Waals surface area contributed by atoms with E-state index in [1.807, 2.05) is 0 Å². The highest BCUT2D eigenvalue weighted by molar-refractivity contribution is 5.76. The van der Waals surface area contributed by atoms with Gasteiger partial charge in [0, 0.05) is 24.9 Å². The molecule has 1 aromatic rings. The number of carbonyl (C=O) groups is 1. The van der Waals surface area contributed by atoms with Crippen LogP contribution >= 0.6 is 0 Å². The number of rotatable bonds is 4. The summed E-state index contributed by atoms with van der Waals surface area (Å²) in [4.78, 5) is 11.3. The Hall–Kier alpha value is -2.22. The molecule has 1 N–H and O–H groups in total. The summed E-state index contributed by atoms with van der Waals surface area (Å²) < 4.78 is 10.9. The summed E-state index contributed by atoms with van der Waals surface area (Å²) in [5.74, 6) is 1.42. The van der Waals surface area contributed by atoms with Crippen LogP contribution in [0, 0.1) is 17.2 Å². The molecule has 5 nitrogen and oxygen atoms in total. The van der Waals surface area contributed by atoms with Gasteiger partial charge in [-0.3, -0.25) is 4.79 Å². The van der Waals surface area contributed by atoms with Crippen LogP contribution in [0.5, 0.6) is 11.5 Å². The van der Waals surface area contributed by atoms with Crippen molar-refractivity contribution in [3.05, 3.63) is 23.8 Å². The van der Waals surface area contributed by atoms with Gasteiger partial charge in [-0.2, -0.15) is 5.26 Å². The number of methoxy groups -OCH3 is 1. The molecule has 2 rings (SSSR count). The number of nitrogens with one attached hydrogen (secondary N) is 1. The topological polar surface area (TPSA) is 71.3 Å². The summed E-state index contributed by atoms with van der Waals surface area (Å²) in [5, 5.41) is 11.7. The van der Waals surface area contributed by atoms with E-state index >= 15 is 0 Å². The van der Waals surface area contributed by atoms with E-state index in [9.17, 15) is 4.79 Å². The molecule has 19 heavy (non-hydrogen) atoms. The lowest BCUT2D eigenvalue weighted by Crippen LogP contribution is -2.35. The predicted octanol–water partition coefficient (Wildman–Crippen LogP) is 1.47. The summed E-state index contributed by atoms with van der Waals surface area (Å²) in [6.07, 6.45) is 1.40. The van der Waals surface area contributed by atoms with Crippen LogP contribution in [0.25, 0.3) is 0 Å². The summed E-state index contributed by atoms with van der Waals surface area (Å²) in [7, 11) is 1.56. The molecule has 0 aromatic heterocycles. The molecule has 1 saturated heterocycles. The normalized spacial score (nSPS) is 18.3. The van der Waals surface area contributed by atoms with Crippen LogP contribution in [-0.4, -0.2) is 26.2 Å². The van der Waals surface area contributed by atoms with Gasteiger partial charge in [0.05, 0.1) is 25.3 Å². The number of hydrogen-bond acceptors (Lipinski definition) is 4. The predicted molar refractivity (Wildman–Crippen MR) is 68.9 cm³/mol. The molecule has 1 amide bonds. The molecule has 0 radical (unpaired) electrons. The molecule has 0 bridgehead atoms. The first kappa shape index (κ1) is 13.2. The van der Waals surface area contributed by atoms with Crippen LogP contribution in [0.2, 0.25) is 0 Å². The quantitative estimate of drug-likeness (QED) is 0.890. The Bertz CT molecular complexity index is 508. The Morgan fingerprint density at radius 3 is 3.00 bits per heavy atom. The maximum Gasteiger partial charge on any atom is 0.220 e. The number of hydrogen-bond donors (Lipinski definition) is 1. The van der Waals surface area contributed by atoms with E-state index in [1.165, 1.54) is 0 Å². The van der Waals surface area contributed by atoms with E-state index < -0.39 is 0 Å². The minimum absolute atomic E-state index is 0.0672. The SMILES string of the molecule is COc1ccc(C#N)cc1OCC1CCNC(=O)C1. The summed E-state index contributed by atoms with van der Waals surface area (Å²) >= 11 is 0. The van der Waals surface area contributed by atoms with Crippen LogP contribution in [0.3, 0.4) is 0 Å². The van der Waals surface area contributed by atoms with E-state index in [0.29, 0.717) is 36.6 Å². The largest absolute Gasteiger partial charge is 0.493 e. The van der Waals surface area contributed by atoms with E-state index in [4.69, 9.17) is 14.7 Å².